The second-order valence-electron chi connectivity index (χ2n) is 6.24. The van der Waals surface area contributed by atoms with Crippen molar-refractivity contribution in [1.82, 2.24) is 0 Å². The number of aliphatic hydroxyl groups is 1. The van der Waals surface area contributed by atoms with Gasteiger partial charge in [0.2, 0.25) is 0 Å². The summed E-state index contributed by atoms with van der Waals surface area (Å²) in [6, 6.07) is 8.05. The monoisotopic (exact) mass is 277 g/mol. The van der Waals surface area contributed by atoms with Crippen molar-refractivity contribution in [2.24, 2.45) is 5.41 Å². The summed E-state index contributed by atoms with van der Waals surface area (Å²) in [7, 11) is 0. The van der Waals surface area contributed by atoms with Gasteiger partial charge < -0.3 is 15.2 Å². The number of ether oxygens (including phenoxy) is 1. The van der Waals surface area contributed by atoms with Gasteiger partial charge in [0.1, 0.15) is 5.75 Å². The highest BCUT2D eigenvalue weighted by Gasteiger charge is 2.31. The molecule has 0 atom stereocenters. The molecule has 0 bridgehead atoms. The molecule has 0 saturated heterocycles. The molecule has 0 aromatic heterocycles. The number of rotatable bonds is 6. The van der Waals surface area contributed by atoms with E-state index in [4.69, 9.17) is 4.74 Å². The Morgan fingerprint density at radius 2 is 1.90 bits per heavy atom. The molecule has 2 rings (SSSR count). The minimum Gasteiger partial charge on any atom is -0.489 e. The molecule has 0 radical (unpaired) electrons. The van der Waals surface area contributed by atoms with Crippen molar-refractivity contribution in [2.45, 2.75) is 52.1 Å². The molecule has 1 aromatic rings. The molecule has 1 aromatic carbocycles. The van der Waals surface area contributed by atoms with Crippen LogP contribution >= 0.6 is 0 Å². The summed E-state index contributed by atoms with van der Waals surface area (Å²) in [4.78, 5) is 0. The van der Waals surface area contributed by atoms with Crippen LogP contribution in [0.15, 0.2) is 24.3 Å². The van der Waals surface area contributed by atoms with Gasteiger partial charge in [-0.15, -0.1) is 0 Å². The highest BCUT2D eigenvalue weighted by atomic mass is 16.5. The zero-order valence-corrected chi connectivity index (χ0v) is 12.7. The molecule has 20 heavy (non-hydrogen) atoms. The van der Waals surface area contributed by atoms with E-state index in [0.29, 0.717) is 0 Å². The van der Waals surface area contributed by atoms with E-state index in [0.717, 1.165) is 30.8 Å². The molecule has 0 aliphatic heterocycles. The zero-order valence-electron chi connectivity index (χ0n) is 12.7. The molecule has 3 heteroatoms. The maximum atomic E-state index is 9.76. The van der Waals surface area contributed by atoms with E-state index in [1.54, 1.807) is 0 Å². The number of nitrogens with one attached hydrogen (secondary N) is 1. The quantitative estimate of drug-likeness (QED) is 0.830. The molecule has 1 fully saturated rings. The van der Waals surface area contributed by atoms with E-state index in [1.165, 1.54) is 19.3 Å². The number of aliphatic hydroxyl groups excluding tert-OH is 1. The third-order valence-corrected chi connectivity index (χ3v) is 4.15. The molecule has 2 N–H and O–H groups in total. The van der Waals surface area contributed by atoms with Crippen molar-refractivity contribution in [3.8, 4) is 5.75 Å². The highest BCUT2D eigenvalue weighted by molar-refractivity contribution is 5.56. The van der Waals surface area contributed by atoms with Crippen molar-refractivity contribution in [2.75, 3.05) is 18.5 Å². The van der Waals surface area contributed by atoms with Crippen LogP contribution in [0, 0.1) is 5.41 Å². The van der Waals surface area contributed by atoms with Crippen LogP contribution in [0.25, 0.3) is 0 Å². The molecule has 3 nitrogen and oxygen atoms in total. The normalized spacial score (nSPS) is 18.0. The molecule has 1 saturated carbocycles. The Balaban J connectivity index is 2.02. The van der Waals surface area contributed by atoms with E-state index in [2.05, 4.69) is 5.32 Å². The number of hydrogen-bond donors (Lipinski definition) is 2. The fraction of sp³-hybridized carbons (Fsp3) is 0.647. The third kappa shape index (κ3) is 3.89. The van der Waals surface area contributed by atoms with E-state index in [1.807, 2.05) is 38.1 Å². The summed E-state index contributed by atoms with van der Waals surface area (Å²) in [5.41, 5.74) is 1.07. The molecule has 0 heterocycles. The lowest BCUT2D eigenvalue weighted by Gasteiger charge is -2.36. The summed E-state index contributed by atoms with van der Waals surface area (Å²) in [5, 5.41) is 13.3. The van der Waals surface area contributed by atoms with Crippen LogP contribution in [-0.2, 0) is 0 Å². The van der Waals surface area contributed by atoms with Crippen molar-refractivity contribution in [3.63, 3.8) is 0 Å². The number of para-hydroxylation sites is 2. The van der Waals surface area contributed by atoms with Gasteiger partial charge in [-0.3, -0.25) is 0 Å². The van der Waals surface area contributed by atoms with Gasteiger partial charge in [-0.25, -0.2) is 0 Å². The second-order valence-corrected chi connectivity index (χ2v) is 6.24. The average Bonchev–Trinajstić information content (AvgIpc) is 2.47. The summed E-state index contributed by atoms with van der Waals surface area (Å²) in [6.07, 6.45) is 6.15. The average molecular weight is 277 g/mol. The van der Waals surface area contributed by atoms with Gasteiger partial charge in [0.25, 0.3) is 0 Å². The van der Waals surface area contributed by atoms with Crippen LogP contribution in [0.2, 0.25) is 0 Å². The summed E-state index contributed by atoms with van der Waals surface area (Å²) < 4.78 is 5.83. The Labute approximate surface area is 122 Å². The Kier molecular flexibility index (Phi) is 5.30. The van der Waals surface area contributed by atoms with Crippen LogP contribution in [0.5, 0.6) is 5.75 Å². The minimum absolute atomic E-state index is 0.0448. The van der Waals surface area contributed by atoms with Crippen molar-refractivity contribution in [1.29, 1.82) is 0 Å². The molecule has 112 valence electrons. The SMILES string of the molecule is CC(C)Oc1ccccc1NCC1(CO)CCCCC1. The smallest absolute Gasteiger partial charge is 0.142 e. The van der Waals surface area contributed by atoms with Crippen molar-refractivity contribution >= 4 is 5.69 Å². The lowest BCUT2D eigenvalue weighted by molar-refractivity contribution is 0.0943. The van der Waals surface area contributed by atoms with E-state index >= 15 is 0 Å². The Morgan fingerprint density at radius 1 is 1.20 bits per heavy atom. The molecule has 0 unspecified atom stereocenters. The zero-order chi connectivity index (χ0) is 14.4. The predicted octanol–water partition coefficient (Wildman–Crippen LogP) is 3.83. The summed E-state index contributed by atoms with van der Waals surface area (Å²) in [5.74, 6) is 0.895. The molecule has 0 spiro atoms. The lowest BCUT2D eigenvalue weighted by Crippen LogP contribution is -2.35. The predicted molar refractivity (Wildman–Crippen MR) is 83.3 cm³/mol. The third-order valence-electron chi connectivity index (χ3n) is 4.15. The van der Waals surface area contributed by atoms with Crippen LogP contribution in [0.4, 0.5) is 5.69 Å². The van der Waals surface area contributed by atoms with Crippen LogP contribution in [0.1, 0.15) is 46.0 Å². The van der Waals surface area contributed by atoms with Gasteiger partial charge in [0.05, 0.1) is 18.4 Å². The van der Waals surface area contributed by atoms with Gasteiger partial charge in [-0.2, -0.15) is 0 Å². The minimum atomic E-state index is 0.0448. The molecule has 1 aliphatic carbocycles. The fourth-order valence-electron chi connectivity index (χ4n) is 2.94. The molecule has 0 amide bonds. The standard InChI is InChI=1S/C17H27NO2/c1-14(2)20-16-9-5-4-8-15(16)18-12-17(13-19)10-6-3-7-11-17/h4-5,8-9,14,18-19H,3,6-7,10-13H2,1-2H3. The number of benzene rings is 1. The van der Waals surface area contributed by atoms with Crippen molar-refractivity contribution < 1.29 is 9.84 Å². The highest BCUT2D eigenvalue weighted by Crippen LogP contribution is 2.37. The van der Waals surface area contributed by atoms with Gasteiger partial charge in [0.15, 0.2) is 0 Å². The van der Waals surface area contributed by atoms with Gasteiger partial charge in [0, 0.05) is 12.0 Å². The van der Waals surface area contributed by atoms with E-state index < -0.39 is 0 Å². The summed E-state index contributed by atoms with van der Waals surface area (Å²) >= 11 is 0. The second kappa shape index (κ2) is 6.98. The first-order valence-electron chi connectivity index (χ1n) is 7.76. The van der Waals surface area contributed by atoms with Crippen molar-refractivity contribution in [3.05, 3.63) is 24.3 Å². The maximum absolute atomic E-state index is 9.76. The molecular formula is C17H27NO2. The topological polar surface area (TPSA) is 41.5 Å². The van der Waals surface area contributed by atoms with Gasteiger partial charge >= 0.3 is 0 Å². The van der Waals surface area contributed by atoms with E-state index in [-0.39, 0.29) is 18.1 Å². The molecule has 1 aliphatic rings. The lowest BCUT2D eigenvalue weighted by atomic mass is 9.74. The summed E-state index contributed by atoms with van der Waals surface area (Å²) in [6.45, 7) is 5.16. The van der Waals surface area contributed by atoms with Crippen LogP contribution in [-0.4, -0.2) is 24.4 Å². The largest absolute Gasteiger partial charge is 0.489 e. The first-order valence-corrected chi connectivity index (χ1v) is 7.76. The van der Waals surface area contributed by atoms with Crippen LogP contribution < -0.4 is 10.1 Å². The van der Waals surface area contributed by atoms with Gasteiger partial charge in [-0.1, -0.05) is 31.4 Å². The number of anilines is 1. The van der Waals surface area contributed by atoms with Gasteiger partial charge in [-0.05, 0) is 38.8 Å². The molecular weight excluding hydrogens is 250 g/mol. The Hall–Kier alpha value is -1.22. The fourth-order valence-corrected chi connectivity index (χ4v) is 2.94. The first-order chi connectivity index (χ1) is 9.65. The Bertz CT molecular complexity index is 411. The van der Waals surface area contributed by atoms with Crippen LogP contribution in [0.3, 0.4) is 0 Å². The Morgan fingerprint density at radius 3 is 2.55 bits per heavy atom. The van der Waals surface area contributed by atoms with E-state index in [9.17, 15) is 5.11 Å². The first kappa shape index (κ1) is 15.2. The maximum Gasteiger partial charge on any atom is 0.142 e. The number of hydrogen-bond acceptors (Lipinski definition) is 3.